The summed E-state index contributed by atoms with van der Waals surface area (Å²) >= 11 is 0. The zero-order valence-corrected chi connectivity index (χ0v) is 15.2. The second-order valence-electron chi connectivity index (χ2n) is 6.47. The van der Waals surface area contributed by atoms with Crippen LogP contribution in [0, 0.1) is 0 Å². The van der Waals surface area contributed by atoms with Gasteiger partial charge in [0.15, 0.2) is 0 Å². The molecule has 1 heterocycles. The molecule has 0 spiro atoms. The monoisotopic (exact) mass is 373 g/mol. The molecule has 0 aromatic heterocycles. The molecule has 0 aliphatic carbocycles. The number of benzene rings is 1. The van der Waals surface area contributed by atoms with Gasteiger partial charge in [0.05, 0.1) is 18.2 Å². The van der Waals surface area contributed by atoms with Crippen LogP contribution in [0.5, 0.6) is 0 Å². The molecule has 1 aromatic rings. The number of hydrogen-bond donors (Lipinski definition) is 1. The number of urea groups is 1. The fourth-order valence-electron chi connectivity index (χ4n) is 2.90. The van der Waals surface area contributed by atoms with E-state index in [2.05, 4.69) is 10.2 Å². The molecule has 1 N–H and O–H groups in total. The number of amides is 2. The minimum Gasteiger partial charge on any atom is -0.383 e. The van der Waals surface area contributed by atoms with Crippen molar-refractivity contribution >= 4 is 6.03 Å². The lowest BCUT2D eigenvalue weighted by molar-refractivity contribution is -0.137. The number of carbonyl (C=O) groups is 1. The highest BCUT2D eigenvalue weighted by atomic mass is 19.4. The van der Waals surface area contributed by atoms with Gasteiger partial charge in [-0.1, -0.05) is 19.1 Å². The summed E-state index contributed by atoms with van der Waals surface area (Å²) in [6.45, 7) is 5.62. The van der Waals surface area contributed by atoms with E-state index in [1.54, 1.807) is 12.0 Å². The Kier molecular flexibility index (Phi) is 7.28. The van der Waals surface area contributed by atoms with E-state index in [9.17, 15) is 18.0 Å². The van der Waals surface area contributed by atoms with Gasteiger partial charge < -0.3 is 15.0 Å². The Labute approximate surface area is 152 Å². The van der Waals surface area contributed by atoms with Crippen molar-refractivity contribution < 1.29 is 22.7 Å². The number of nitrogens with zero attached hydrogens (tertiary/aromatic N) is 2. The van der Waals surface area contributed by atoms with Crippen LogP contribution in [0.25, 0.3) is 0 Å². The predicted molar refractivity (Wildman–Crippen MR) is 92.8 cm³/mol. The largest absolute Gasteiger partial charge is 0.416 e. The molecule has 1 saturated heterocycles. The highest BCUT2D eigenvalue weighted by Gasteiger charge is 2.30. The van der Waals surface area contributed by atoms with Crippen molar-refractivity contribution in [1.82, 2.24) is 15.1 Å². The van der Waals surface area contributed by atoms with E-state index in [-0.39, 0.29) is 12.1 Å². The van der Waals surface area contributed by atoms with Gasteiger partial charge in [0.1, 0.15) is 0 Å². The van der Waals surface area contributed by atoms with Crippen LogP contribution in [-0.2, 0) is 17.5 Å². The first-order chi connectivity index (χ1) is 12.3. The predicted octanol–water partition coefficient (Wildman–Crippen LogP) is 2.96. The van der Waals surface area contributed by atoms with Crippen molar-refractivity contribution in [2.45, 2.75) is 32.1 Å². The molecular formula is C18H26F3N3O2. The Morgan fingerprint density at radius 2 is 1.81 bits per heavy atom. The number of nitrogens with one attached hydrogen (secondary N) is 1. The first kappa shape index (κ1) is 20.5. The van der Waals surface area contributed by atoms with Crippen LogP contribution in [0.15, 0.2) is 24.3 Å². The van der Waals surface area contributed by atoms with Gasteiger partial charge in [-0.3, -0.25) is 4.90 Å². The molecule has 2 rings (SSSR count). The number of carbonyl (C=O) groups excluding carboxylic acids is 1. The molecule has 26 heavy (non-hydrogen) atoms. The summed E-state index contributed by atoms with van der Waals surface area (Å²) in [4.78, 5) is 16.2. The van der Waals surface area contributed by atoms with Crippen molar-refractivity contribution in [3.05, 3.63) is 35.4 Å². The normalized spacial score (nSPS) is 17.2. The maximum atomic E-state index is 12.6. The van der Waals surface area contributed by atoms with Gasteiger partial charge in [-0.25, -0.2) is 4.79 Å². The Morgan fingerprint density at radius 3 is 2.31 bits per heavy atom. The summed E-state index contributed by atoms with van der Waals surface area (Å²) in [5, 5.41) is 2.96. The summed E-state index contributed by atoms with van der Waals surface area (Å²) in [6.07, 6.45) is -3.51. The maximum Gasteiger partial charge on any atom is 0.416 e. The fourth-order valence-corrected chi connectivity index (χ4v) is 2.90. The third-order valence-electron chi connectivity index (χ3n) is 4.54. The van der Waals surface area contributed by atoms with Crippen molar-refractivity contribution in [2.75, 3.05) is 39.9 Å². The third kappa shape index (κ3) is 5.88. The second-order valence-corrected chi connectivity index (χ2v) is 6.47. The van der Waals surface area contributed by atoms with Crippen molar-refractivity contribution in [1.29, 1.82) is 0 Å². The van der Waals surface area contributed by atoms with Crippen molar-refractivity contribution in [2.24, 2.45) is 0 Å². The first-order valence-corrected chi connectivity index (χ1v) is 8.76. The summed E-state index contributed by atoms with van der Waals surface area (Å²) in [6, 6.07) is 5.15. The maximum absolute atomic E-state index is 12.6. The molecule has 1 unspecified atom stereocenters. The molecule has 1 aromatic carbocycles. The van der Waals surface area contributed by atoms with Crippen LogP contribution in [0.1, 0.15) is 24.5 Å². The summed E-state index contributed by atoms with van der Waals surface area (Å²) in [7, 11) is 1.61. The number of alkyl halides is 3. The Hall–Kier alpha value is -1.80. The lowest BCUT2D eigenvalue weighted by atomic mass is 10.1. The Bertz CT molecular complexity index is 570. The lowest BCUT2D eigenvalue weighted by Gasteiger charge is -2.35. The van der Waals surface area contributed by atoms with Gasteiger partial charge in [-0.05, 0) is 24.1 Å². The molecule has 1 aliphatic rings. The van der Waals surface area contributed by atoms with Crippen LogP contribution in [0.4, 0.5) is 18.0 Å². The van der Waals surface area contributed by atoms with E-state index < -0.39 is 11.7 Å². The van der Waals surface area contributed by atoms with Gasteiger partial charge in [0.25, 0.3) is 0 Å². The number of piperazine rings is 1. The number of ether oxygens (including phenoxy) is 1. The third-order valence-corrected chi connectivity index (χ3v) is 4.54. The molecule has 1 fully saturated rings. The minimum absolute atomic E-state index is 0.00215. The molecule has 1 atom stereocenters. The van der Waals surface area contributed by atoms with E-state index in [1.807, 2.05) is 6.92 Å². The minimum atomic E-state index is -4.31. The standard InChI is InChI=1S/C18H26F3N3O2/c1-3-16(13-26-2)22-17(25)24-10-8-23(9-11-24)12-14-4-6-15(7-5-14)18(19,20)21/h4-7,16H,3,8-13H2,1-2H3,(H,22,25). The molecule has 0 bridgehead atoms. The highest BCUT2D eigenvalue weighted by Crippen LogP contribution is 2.29. The molecule has 0 radical (unpaired) electrons. The molecule has 5 nitrogen and oxygen atoms in total. The van der Waals surface area contributed by atoms with E-state index >= 15 is 0 Å². The zero-order valence-electron chi connectivity index (χ0n) is 15.2. The zero-order chi connectivity index (χ0) is 19.2. The summed E-state index contributed by atoms with van der Waals surface area (Å²) in [5.74, 6) is 0. The fraction of sp³-hybridized carbons (Fsp3) is 0.611. The number of methoxy groups -OCH3 is 1. The SMILES string of the molecule is CCC(COC)NC(=O)N1CCN(Cc2ccc(C(F)(F)F)cc2)CC1. The molecule has 2 amide bonds. The molecule has 0 saturated carbocycles. The molecule has 146 valence electrons. The van der Waals surface area contributed by atoms with Gasteiger partial charge in [0, 0.05) is 39.8 Å². The van der Waals surface area contributed by atoms with Crippen LogP contribution in [0.3, 0.4) is 0 Å². The molecule has 1 aliphatic heterocycles. The number of rotatable bonds is 6. The highest BCUT2D eigenvalue weighted by molar-refractivity contribution is 5.74. The van der Waals surface area contributed by atoms with E-state index in [0.717, 1.165) is 24.1 Å². The molecular weight excluding hydrogens is 347 g/mol. The van der Waals surface area contributed by atoms with Gasteiger partial charge >= 0.3 is 12.2 Å². The van der Waals surface area contributed by atoms with E-state index in [4.69, 9.17) is 4.74 Å². The molecule has 8 heteroatoms. The quantitative estimate of drug-likeness (QED) is 0.834. The van der Waals surface area contributed by atoms with E-state index in [0.29, 0.717) is 39.3 Å². The van der Waals surface area contributed by atoms with Crippen molar-refractivity contribution in [3.8, 4) is 0 Å². The smallest absolute Gasteiger partial charge is 0.383 e. The van der Waals surface area contributed by atoms with Crippen LogP contribution in [-0.4, -0.2) is 61.8 Å². The van der Waals surface area contributed by atoms with E-state index in [1.165, 1.54) is 12.1 Å². The second kappa shape index (κ2) is 9.23. The van der Waals surface area contributed by atoms with Crippen LogP contribution in [0.2, 0.25) is 0 Å². The Balaban J connectivity index is 1.80. The first-order valence-electron chi connectivity index (χ1n) is 8.76. The van der Waals surface area contributed by atoms with Crippen molar-refractivity contribution in [3.63, 3.8) is 0 Å². The summed E-state index contributed by atoms with van der Waals surface area (Å²) in [5.41, 5.74) is 0.200. The van der Waals surface area contributed by atoms with Crippen LogP contribution >= 0.6 is 0 Å². The summed E-state index contributed by atoms with van der Waals surface area (Å²) < 4.78 is 42.9. The number of halogens is 3. The van der Waals surface area contributed by atoms with Gasteiger partial charge in [0.2, 0.25) is 0 Å². The van der Waals surface area contributed by atoms with Gasteiger partial charge in [-0.15, -0.1) is 0 Å². The Morgan fingerprint density at radius 1 is 1.19 bits per heavy atom. The average Bonchev–Trinajstić information content (AvgIpc) is 2.61. The lowest BCUT2D eigenvalue weighted by Crippen LogP contribution is -2.53. The average molecular weight is 373 g/mol. The number of hydrogen-bond acceptors (Lipinski definition) is 3. The van der Waals surface area contributed by atoms with Crippen LogP contribution < -0.4 is 5.32 Å². The van der Waals surface area contributed by atoms with Gasteiger partial charge in [-0.2, -0.15) is 13.2 Å². The topological polar surface area (TPSA) is 44.8 Å².